The van der Waals surface area contributed by atoms with Crippen LogP contribution >= 0.6 is 0 Å². The first-order valence-corrected chi connectivity index (χ1v) is 7.84. The van der Waals surface area contributed by atoms with Crippen molar-refractivity contribution < 1.29 is 9.47 Å². The molecule has 1 heterocycles. The second-order valence-electron chi connectivity index (χ2n) is 5.41. The molecule has 0 aromatic carbocycles. The summed E-state index contributed by atoms with van der Waals surface area (Å²) in [5.41, 5.74) is -0.113. The molecule has 0 saturated carbocycles. The molecule has 1 saturated heterocycles. The summed E-state index contributed by atoms with van der Waals surface area (Å²) in [7, 11) is 3.60. The zero-order valence-corrected chi connectivity index (χ0v) is 13.3. The molecule has 1 aliphatic rings. The molecule has 1 aliphatic heterocycles. The first kappa shape index (κ1) is 17.2. The van der Waals surface area contributed by atoms with Crippen LogP contribution in [0.4, 0.5) is 0 Å². The number of rotatable bonds is 8. The van der Waals surface area contributed by atoms with Crippen molar-refractivity contribution in [2.75, 3.05) is 40.5 Å². The fourth-order valence-electron chi connectivity index (χ4n) is 2.42. The van der Waals surface area contributed by atoms with Crippen molar-refractivity contribution in [3.8, 4) is 0 Å². The predicted octanol–water partition coefficient (Wildman–Crippen LogP) is 1.93. The van der Waals surface area contributed by atoms with Crippen molar-refractivity contribution in [1.29, 1.82) is 0 Å². The Kier molecular flexibility index (Phi) is 8.62. The Bertz CT molecular complexity index is 276. The topological polar surface area (TPSA) is 54.9 Å². The van der Waals surface area contributed by atoms with Crippen molar-refractivity contribution in [1.82, 2.24) is 10.6 Å². The number of nitrogens with zero attached hydrogens (tertiary/aromatic N) is 1. The van der Waals surface area contributed by atoms with Gasteiger partial charge in [-0.3, -0.25) is 4.99 Å². The average molecular weight is 285 g/mol. The molecule has 2 N–H and O–H groups in total. The number of unbranched alkanes of at least 4 members (excludes halogenated alkanes) is 3. The smallest absolute Gasteiger partial charge is 0.191 e. The van der Waals surface area contributed by atoms with E-state index < -0.39 is 0 Å². The number of aliphatic imine (C=N–C) groups is 1. The zero-order valence-electron chi connectivity index (χ0n) is 13.3. The Morgan fingerprint density at radius 1 is 1.20 bits per heavy atom. The Hall–Kier alpha value is -0.810. The molecular weight excluding hydrogens is 254 g/mol. The van der Waals surface area contributed by atoms with E-state index >= 15 is 0 Å². The van der Waals surface area contributed by atoms with Gasteiger partial charge in [-0.1, -0.05) is 26.2 Å². The average Bonchev–Trinajstić information content (AvgIpc) is 2.51. The Morgan fingerprint density at radius 2 is 1.95 bits per heavy atom. The summed E-state index contributed by atoms with van der Waals surface area (Å²) in [6.07, 6.45) is 6.91. The second kappa shape index (κ2) is 10.00. The molecule has 0 amide bonds. The van der Waals surface area contributed by atoms with E-state index in [1.807, 2.05) is 7.05 Å². The van der Waals surface area contributed by atoms with Crippen LogP contribution in [-0.4, -0.2) is 52.0 Å². The van der Waals surface area contributed by atoms with Gasteiger partial charge in [0.2, 0.25) is 0 Å². The highest BCUT2D eigenvalue weighted by Crippen LogP contribution is 2.23. The molecule has 20 heavy (non-hydrogen) atoms. The number of methoxy groups -OCH3 is 1. The Balaban J connectivity index is 2.25. The summed E-state index contributed by atoms with van der Waals surface area (Å²) in [6, 6.07) is 0. The van der Waals surface area contributed by atoms with Crippen molar-refractivity contribution in [2.45, 2.75) is 51.0 Å². The van der Waals surface area contributed by atoms with E-state index in [9.17, 15) is 0 Å². The minimum Gasteiger partial charge on any atom is -0.381 e. The van der Waals surface area contributed by atoms with Gasteiger partial charge in [0.05, 0.1) is 5.60 Å². The van der Waals surface area contributed by atoms with Gasteiger partial charge in [0.15, 0.2) is 5.96 Å². The van der Waals surface area contributed by atoms with Gasteiger partial charge in [0.1, 0.15) is 0 Å². The number of ether oxygens (including phenoxy) is 2. The van der Waals surface area contributed by atoms with Crippen LogP contribution in [0.2, 0.25) is 0 Å². The van der Waals surface area contributed by atoms with Gasteiger partial charge in [-0.25, -0.2) is 0 Å². The van der Waals surface area contributed by atoms with Crippen LogP contribution in [0.1, 0.15) is 45.4 Å². The van der Waals surface area contributed by atoms with Gasteiger partial charge in [-0.05, 0) is 6.42 Å². The van der Waals surface area contributed by atoms with E-state index in [-0.39, 0.29) is 5.60 Å². The molecule has 0 aromatic rings. The van der Waals surface area contributed by atoms with Crippen LogP contribution in [0.3, 0.4) is 0 Å². The maximum absolute atomic E-state index is 5.71. The highest BCUT2D eigenvalue weighted by molar-refractivity contribution is 5.79. The maximum Gasteiger partial charge on any atom is 0.191 e. The normalized spacial score (nSPS) is 18.9. The molecule has 0 radical (unpaired) electrons. The number of guanidine groups is 1. The van der Waals surface area contributed by atoms with Crippen LogP contribution in [0.5, 0.6) is 0 Å². The monoisotopic (exact) mass is 285 g/mol. The van der Waals surface area contributed by atoms with E-state index in [4.69, 9.17) is 9.47 Å². The van der Waals surface area contributed by atoms with E-state index in [1.54, 1.807) is 7.11 Å². The molecule has 1 fully saturated rings. The summed E-state index contributed by atoms with van der Waals surface area (Å²) >= 11 is 0. The van der Waals surface area contributed by atoms with Crippen LogP contribution in [-0.2, 0) is 9.47 Å². The molecular formula is C15H31N3O2. The molecule has 5 heteroatoms. The minimum atomic E-state index is -0.113. The lowest BCUT2D eigenvalue weighted by molar-refractivity contribution is -0.0855. The van der Waals surface area contributed by atoms with Gasteiger partial charge in [-0.15, -0.1) is 0 Å². The molecule has 118 valence electrons. The van der Waals surface area contributed by atoms with E-state index in [0.717, 1.165) is 45.1 Å². The zero-order chi connectivity index (χ0) is 14.7. The molecule has 0 atom stereocenters. The number of hydrogen-bond acceptors (Lipinski definition) is 3. The lowest BCUT2D eigenvalue weighted by Crippen LogP contribution is -2.50. The van der Waals surface area contributed by atoms with Crippen LogP contribution in [0.25, 0.3) is 0 Å². The molecule has 1 rings (SSSR count). The standard InChI is InChI=1S/C15H31N3O2/c1-4-5-6-7-10-17-14(16-2)18-13-15(19-3)8-11-20-12-9-15/h4-13H2,1-3H3,(H2,16,17,18). The Labute approximate surface area is 123 Å². The van der Waals surface area contributed by atoms with Crippen molar-refractivity contribution in [3.63, 3.8) is 0 Å². The van der Waals surface area contributed by atoms with Crippen molar-refractivity contribution in [2.24, 2.45) is 4.99 Å². The summed E-state index contributed by atoms with van der Waals surface area (Å²) < 4.78 is 11.1. The van der Waals surface area contributed by atoms with Gasteiger partial charge >= 0.3 is 0 Å². The molecule has 0 spiro atoms. The minimum absolute atomic E-state index is 0.113. The predicted molar refractivity (Wildman–Crippen MR) is 83.3 cm³/mol. The maximum atomic E-state index is 5.71. The molecule has 0 bridgehead atoms. The molecule has 5 nitrogen and oxygen atoms in total. The highest BCUT2D eigenvalue weighted by atomic mass is 16.5. The Morgan fingerprint density at radius 3 is 2.55 bits per heavy atom. The lowest BCUT2D eigenvalue weighted by atomic mass is 9.94. The molecule has 0 aromatic heterocycles. The summed E-state index contributed by atoms with van der Waals surface area (Å²) in [6.45, 7) is 5.54. The fraction of sp³-hybridized carbons (Fsp3) is 0.933. The summed E-state index contributed by atoms with van der Waals surface area (Å²) in [5.74, 6) is 0.865. The van der Waals surface area contributed by atoms with Crippen molar-refractivity contribution in [3.05, 3.63) is 0 Å². The lowest BCUT2D eigenvalue weighted by Gasteiger charge is -2.36. The van der Waals surface area contributed by atoms with Gasteiger partial charge < -0.3 is 20.1 Å². The van der Waals surface area contributed by atoms with Gasteiger partial charge in [0.25, 0.3) is 0 Å². The molecule has 0 aliphatic carbocycles. The quantitative estimate of drug-likeness (QED) is 0.406. The largest absolute Gasteiger partial charge is 0.381 e. The first-order valence-electron chi connectivity index (χ1n) is 7.84. The van der Waals surface area contributed by atoms with Gasteiger partial charge in [0, 0.05) is 53.3 Å². The SMILES string of the molecule is CCCCCCNC(=NC)NCC1(OC)CCOCC1. The number of nitrogens with one attached hydrogen (secondary N) is 2. The third-order valence-corrected chi connectivity index (χ3v) is 3.96. The van der Waals surface area contributed by atoms with Crippen molar-refractivity contribution >= 4 is 5.96 Å². The third-order valence-electron chi connectivity index (χ3n) is 3.96. The van der Waals surface area contributed by atoms with E-state index in [1.165, 1.54) is 25.7 Å². The van der Waals surface area contributed by atoms with Crippen LogP contribution in [0, 0.1) is 0 Å². The van der Waals surface area contributed by atoms with E-state index in [2.05, 4.69) is 22.5 Å². The van der Waals surface area contributed by atoms with E-state index in [0.29, 0.717) is 0 Å². The molecule has 0 unspecified atom stereocenters. The van der Waals surface area contributed by atoms with Crippen LogP contribution < -0.4 is 10.6 Å². The second-order valence-corrected chi connectivity index (χ2v) is 5.41. The highest BCUT2D eigenvalue weighted by Gasteiger charge is 2.32. The van der Waals surface area contributed by atoms with Gasteiger partial charge in [-0.2, -0.15) is 0 Å². The first-order chi connectivity index (χ1) is 9.76. The third kappa shape index (κ3) is 6.09. The van der Waals surface area contributed by atoms with Crippen LogP contribution in [0.15, 0.2) is 4.99 Å². The summed E-state index contributed by atoms with van der Waals surface area (Å²) in [4.78, 5) is 4.26. The summed E-state index contributed by atoms with van der Waals surface area (Å²) in [5, 5.41) is 6.74. The fourth-order valence-corrected chi connectivity index (χ4v) is 2.42. The number of hydrogen-bond donors (Lipinski definition) is 2.